The van der Waals surface area contributed by atoms with Crippen LogP contribution in [0.1, 0.15) is 64.2 Å². The summed E-state index contributed by atoms with van der Waals surface area (Å²) in [4.78, 5) is 24.6. The molecule has 0 saturated heterocycles. The summed E-state index contributed by atoms with van der Waals surface area (Å²) in [7, 11) is 0. The second-order valence-corrected chi connectivity index (χ2v) is 8.36. The first-order valence-electron chi connectivity index (χ1n) is 8.62. The highest BCUT2D eigenvalue weighted by Crippen LogP contribution is 2.61. The molecule has 5 aliphatic rings. The van der Waals surface area contributed by atoms with Gasteiger partial charge in [-0.05, 0) is 63.2 Å². The fourth-order valence-corrected chi connectivity index (χ4v) is 6.25. The highest BCUT2D eigenvalue weighted by Gasteiger charge is 2.60. The van der Waals surface area contributed by atoms with Crippen molar-refractivity contribution in [3.05, 3.63) is 0 Å². The van der Waals surface area contributed by atoms with Crippen LogP contribution in [-0.2, 0) is 9.59 Å². The fourth-order valence-electron chi connectivity index (χ4n) is 6.25. The van der Waals surface area contributed by atoms with Crippen LogP contribution in [-0.4, -0.2) is 17.4 Å². The van der Waals surface area contributed by atoms with Gasteiger partial charge in [0.05, 0.1) is 5.41 Å². The van der Waals surface area contributed by atoms with Crippen LogP contribution in [0.4, 0.5) is 0 Å². The molecule has 4 heteroatoms. The first-order chi connectivity index (χ1) is 10.0. The van der Waals surface area contributed by atoms with Crippen LogP contribution >= 0.6 is 0 Å². The lowest BCUT2D eigenvalue weighted by Crippen LogP contribution is -2.66. The van der Waals surface area contributed by atoms with Crippen molar-refractivity contribution in [2.45, 2.75) is 69.7 Å². The van der Waals surface area contributed by atoms with Gasteiger partial charge in [0.2, 0.25) is 11.8 Å². The van der Waals surface area contributed by atoms with Crippen molar-refractivity contribution in [3.63, 3.8) is 0 Å². The molecule has 5 saturated carbocycles. The molecule has 0 aromatic heterocycles. The molecule has 0 spiro atoms. The minimum atomic E-state index is -0.326. The first-order valence-corrected chi connectivity index (χ1v) is 8.62. The molecule has 0 aromatic rings. The minimum absolute atomic E-state index is 0.126. The van der Waals surface area contributed by atoms with Crippen molar-refractivity contribution < 1.29 is 9.59 Å². The molecule has 5 rings (SSSR count). The SMILES string of the molecule is NC(=O)C12CC3CC(CC(NC(=O)C4CCCC4)(C3)C1)C2. The van der Waals surface area contributed by atoms with Gasteiger partial charge in [-0.25, -0.2) is 0 Å². The lowest BCUT2D eigenvalue weighted by atomic mass is 9.46. The maximum absolute atomic E-state index is 12.6. The summed E-state index contributed by atoms with van der Waals surface area (Å²) in [6.45, 7) is 0. The molecule has 2 atom stereocenters. The quantitative estimate of drug-likeness (QED) is 0.835. The van der Waals surface area contributed by atoms with E-state index in [1.165, 1.54) is 19.3 Å². The summed E-state index contributed by atoms with van der Waals surface area (Å²) in [5.41, 5.74) is 5.30. The largest absolute Gasteiger partial charge is 0.369 e. The van der Waals surface area contributed by atoms with E-state index in [-0.39, 0.29) is 28.7 Å². The molecule has 5 fully saturated rings. The van der Waals surface area contributed by atoms with Crippen LogP contribution in [0.25, 0.3) is 0 Å². The zero-order valence-electron chi connectivity index (χ0n) is 12.7. The van der Waals surface area contributed by atoms with Crippen molar-refractivity contribution >= 4 is 11.8 Å². The Balaban J connectivity index is 1.56. The molecule has 116 valence electrons. The number of hydrogen-bond donors (Lipinski definition) is 2. The maximum Gasteiger partial charge on any atom is 0.223 e. The van der Waals surface area contributed by atoms with Gasteiger partial charge in [0.1, 0.15) is 0 Å². The zero-order chi connectivity index (χ0) is 14.7. The fraction of sp³-hybridized carbons (Fsp3) is 0.882. The Morgan fingerprint density at radius 3 is 2.19 bits per heavy atom. The third-order valence-corrected chi connectivity index (χ3v) is 6.70. The van der Waals surface area contributed by atoms with Crippen molar-refractivity contribution in [2.75, 3.05) is 0 Å². The topological polar surface area (TPSA) is 72.2 Å². The number of nitrogens with two attached hydrogens (primary N) is 1. The van der Waals surface area contributed by atoms with E-state index in [1.54, 1.807) is 0 Å². The maximum atomic E-state index is 12.6. The van der Waals surface area contributed by atoms with E-state index in [9.17, 15) is 9.59 Å². The Morgan fingerprint density at radius 1 is 1.00 bits per heavy atom. The van der Waals surface area contributed by atoms with Gasteiger partial charge in [0.15, 0.2) is 0 Å². The number of amides is 2. The molecule has 2 unspecified atom stereocenters. The van der Waals surface area contributed by atoms with E-state index in [1.807, 2.05) is 0 Å². The van der Waals surface area contributed by atoms with Crippen LogP contribution in [0.5, 0.6) is 0 Å². The van der Waals surface area contributed by atoms with E-state index < -0.39 is 0 Å². The standard InChI is InChI=1S/C17H26N2O2/c18-15(21)16-6-11-5-12(7-16)9-17(8-11,10-16)19-14(20)13-3-1-2-4-13/h11-13H,1-10H2,(H2,18,21)(H,19,20). The third-order valence-electron chi connectivity index (χ3n) is 6.70. The summed E-state index contributed by atoms with van der Waals surface area (Å²) in [6.07, 6.45) is 10.5. The van der Waals surface area contributed by atoms with E-state index >= 15 is 0 Å². The summed E-state index contributed by atoms with van der Waals surface area (Å²) in [6, 6.07) is 0. The monoisotopic (exact) mass is 290 g/mol. The molecule has 5 aliphatic carbocycles. The molecule has 0 radical (unpaired) electrons. The number of carbonyl (C=O) groups excluding carboxylic acids is 2. The molecule has 0 aromatic carbocycles. The molecule has 0 aliphatic heterocycles. The minimum Gasteiger partial charge on any atom is -0.369 e. The van der Waals surface area contributed by atoms with Crippen LogP contribution in [0, 0.1) is 23.2 Å². The average Bonchev–Trinajstić information content (AvgIpc) is 2.90. The smallest absolute Gasteiger partial charge is 0.223 e. The predicted molar refractivity (Wildman–Crippen MR) is 79.1 cm³/mol. The molecule has 3 N–H and O–H groups in total. The van der Waals surface area contributed by atoms with Gasteiger partial charge in [-0.2, -0.15) is 0 Å². The number of hydrogen-bond acceptors (Lipinski definition) is 2. The lowest BCUT2D eigenvalue weighted by Gasteiger charge is -2.61. The van der Waals surface area contributed by atoms with Gasteiger partial charge in [-0.15, -0.1) is 0 Å². The highest BCUT2D eigenvalue weighted by atomic mass is 16.2. The molecule has 21 heavy (non-hydrogen) atoms. The average molecular weight is 290 g/mol. The van der Waals surface area contributed by atoms with Gasteiger partial charge in [-0.1, -0.05) is 12.8 Å². The Labute approximate surface area is 126 Å². The summed E-state index contributed by atoms with van der Waals surface area (Å²) in [5, 5.41) is 3.40. The molecular formula is C17H26N2O2. The number of primary amides is 1. The second-order valence-electron chi connectivity index (χ2n) is 8.36. The van der Waals surface area contributed by atoms with E-state index in [0.717, 1.165) is 44.9 Å². The Kier molecular flexibility index (Phi) is 2.89. The van der Waals surface area contributed by atoms with Crippen LogP contribution in [0.2, 0.25) is 0 Å². The van der Waals surface area contributed by atoms with Gasteiger partial charge in [-0.3, -0.25) is 9.59 Å². The Bertz CT molecular complexity index is 467. The predicted octanol–water partition coefficient (Wildman–Crippen LogP) is 2.12. The van der Waals surface area contributed by atoms with Crippen LogP contribution in [0.3, 0.4) is 0 Å². The van der Waals surface area contributed by atoms with Crippen molar-refractivity contribution in [1.29, 1.82) is 0 Å². The van der Waals surface area contributed by atoms with Gasteiger partial charge >= 0.3 is 0 Å². The van der Waals surface area contributed by atoms with E-state index in [0.29, 0.717) is 11.8 Å². The Morgan fingerprint density at radius 2 is 1.62 bits per heavy atom. The van der Waals surface area contributed by atoms with Crippen LogP contribution in [0.15, 0.2) is 0 Å². The highest BCUT2D eigenvalue weighted by molar-refractivity contribution is 5.83. The molecule has 4 nitrogen and oxygen atoms in total. The molecule has 2 amide bonds. The third kappa shape index (κ3) is 2.09. The summed E-state index contributed by atoms with van der Waals surface area (Å²) >= 11 is 0. The van der Waals surface area contributed by atoms with E-state index in [4.69, 9.17) is 5.73 Å². The molecular weight excluding hydrogens is 264 g/mol. The van der Waals surface area contributed by atoms with Crippen LogP contribution < -0.4 is 11.1 Å². The molecule has 4 bridgehead atoms. The first kappa shape index (κ1) is 13.6. The normalized spacial score (nSPS) is 45.0. The van der Waals surface area contributed by atoms with E-state index in [2.05, 4.69) is 5.32 Å². The van der Waals surface area contributed by atoms with Crippen molar-refractivity contribution in [3.8, 4) is 0 Å². The van der Waals surface area contributed by atoms with Crippen molar-refractivity contribution in [2.24, 2.45) is 28.9 Å². The van der Waals surface area contributed by atoms with Crippen molar-refractivity contribution in [1.82, 2.24) is 5.32 Å². The van der Waals surface area contributed by atoms with Gasteiger partial charge in [0, 0.05) is 11.5 Å². The van der Waals surface area contributed by atoms with Gasteiger partial charge < -0.3 is 11.1 Å². The number of carbonyl (C=O) groups is 2. The summed E-state index contributed by atoms with van der Waals surface area (Å²) in [5.74, 6) is 1.50. The summed E-state index contributed by atoms with van der Waals surface area (Å²) < 4.78 is 0. The second kappa shape index (κ2) is 4.47. The zero-order valence-corrected chi connectivity index (χ0v) is 12.7. The number of nitrogens with one attached hydrogen (secondary N) is 1. The molecule has 0 heterocycles. The Hall–Kier alpha value is -1.06. The lowest BCUT2D eigenvalue weighted by molar-refractivity contribution is -0.151. The van der Waals surface area contributed by atoms with Gasteiger partial charge in [0.25, 0.3) is 0 Å². The number of rotatable bonds is 3.